The highest BCUT2D eigenvalue weighted by Gasteiger charge is 2.08. The van der Waals surface area contributed by atoms with Crippen LogP contribution in [0, 0.1) is 6.92 Å². The lowest BCUT2D eigenvalue weighted by molar-refractivity contribution is 0.306. The predicted molar refractivity (Wildman–Crippen MR) is 81.2 cm³/mol. The molecule has 0 fully saturated rings. The van der Waals surface area contributed by atoms with E-state index in [4.69, 9.17) is 4.74 Å². The number of aryl methyl sites for hydroxylation is 1. The molecule has 0 saturated carbocycles. The van der Waals surface area contributed by atoms with Crippen LogP contribution in [0.5, 0.6) is 11.5 Å². The van der Waals surface area contributed by atoms with Crippen molar-refractivity contribution in [2.24, 2.45) is 0 Å². The summed E-state index contributed by atoms with van der Waals surface area (Å²) in [6.45, 7) is 5.40. The summed E-state index contributed by atoms with van der Waals surface area (Å²) in [7, 11) is 0. The van der Waals surface area contributed by atoms with Gasteiger partial charge in [-0.3, -0.25) is 0 Å². The highest BCUT2D eigenvalue weighted by Crippen LogP contribution is 2.22. The van der Waals surface area contributed by atoms with E-state index >= 15 is 0 Å². The van der Waals surface area contributed by atoms with Crippen LogP contribution in [0.2, 0.25) is 0 Å². The maximum atomic E-state index is 9.77. The summed E-state index contributed by atoms with van der Waals surface area (Å²) in [5.41, 5.74) is 2.10. The molecule has 3 heteroatoms. The van der Waals surface area contributed by atoms with Crippen molar-refractivity contribution in [3.63, 3.8) is 0 Å². The van der Waals surface area contributed by atoms with Crippen LogP contribution < -0.4 is 10.1 Å². The Balaban J connectivity index is 1.77. The van der Waals surface area contributed by atoms with E-state index in [1.54, 1.807) is 6.07 Å². The maximum absolute atomic E-state index is 9.77. The Morgan fingerprint density at radius 1 is 1.15 bits per heavy atom. The standard InChI is InChI=1S/C17H21NO2/c1-13-6-5-7-15(12-13)20-11-10-18-14(2)16-8-3-4-9-17(16)19/h3-9,12,14,18-19H,10-11H2,1-2H3. The normalized spacial score (nSPS) is 12.1. The lowest BCUT2D eigenvalue weighted by atomic mass is 10.1. The number of hydrogen-bond acceptors (Lipinski definition) is 3. The molecule has 1 unspecified atom stereocenters. The number of rotatable bonds is 6. The third kappa shape index (κ3) is 4.00. The van der Waals surface area contributed by atoms with Gasteiger partial charge in [0.15, 0.2) is 0 Å². The zero-order chi connectivity index (χ0) is 14.4. The average Bonchev–Trinajstić information content (AvgIpc) is 2.44. The van der Waals surface area contributed by atoms with Crippen LogP contribution in [-0.2, 0) is 0 Å². The molecule has 0 heterocycles. The second-order valence-electron chi connectivity index (χ2n) is 4.90. The van der Waals surface area contributed by atoms with Crippen molar-refractivity contribution in [1.29, 1.82) is 0 Å². The molecule has 0 radical (unpaired) electrons. The van der Waals surface area contributed by atoms with Gasteiger partial charge >= 0.3 is 0 Å². The lowest BCUT2D eigenvalue weighted by Gasteiger charge is -2.15. The topological polar surface area (TPSA) is 41.5 Å². The lowest BCUT2D eigenvalue weighted by Crippen LogP contribution is -2.24. The first-order valence-electron chi connectivity index (χ1n) is 6.87. The second kappa shape index (κ2) is 6.96. The minimum atomic E-state index is 0.0947. The van der Waals surface area contributed by atoms with E-state index < -0.39 is 0 Å². The molecule has 3 nitrogen and oxygen atoms in total. The number of aromatic hydroxyl groups is 1. The third-order valence-electron chi connectivity index (χ3n) is 3.21. The fourth-order valence-electron chi connectivity index (χ4n) is 2.11. The van der Waals surface area contributed by atoms with E-state index in [0.29, 0.717) is 12.4 Å². The van der Waals surface area contributed by atoms with Gasteiger partial charge in [0.1, 0.15) is 18.1 Å². The third-order valence-corrected chi connectivity index (χ3v) is 3.21. The molecule has 0 aliphatic heterocycles. The summed E-state index contributed by atoms with van der Waals surface area (Å²) >= 11 is 0. The molecule has 0 spiro atoms. The molecule has 20 heavy (non-hydrogen) atoms. The maximum Gasteiger partial charge on any atom is 0.120 e. The zero-order valence-corrected chi connectivity index (χ0v) is 12.0. The summed E-state index contributed by atoms with van der Waals surface area (Å²) in [5.74, 6) is 1.22. The Morgan fingerprint density at radius 2 is 1.95 bits per heavy atom. The highest BCUT2D eigenvalue weighted by molar-refractivity contribution is 5.34. The van der Waals surface area contributed by atoms with Crippen LogP contribution in [0.4, 0.5) is 0 Å². The number of nitrogens with one attached hydrogen (secondary N) is 1. The van der Waals surface area contributed by atoms with Crippen LogP contribution in [-0.4, -0.2) is 18.3 Å². The van der Waals surface area contributed by atoms with Crippen molar-refractivity contribution in [2.45, 2.75) is 19.9 Å². The number of para-hydroxylation sites is 1. The summed E-state index contributed by atoms with van der Waals surface area (Å²) in [4.78, 5) is 0. The van der Waals surface area contributed by atoms with Gasteiger partial charge < -0.3 is 15.2 Å². The smallest absolute Gasteiger partial charge is 0.120 e. The molecule has 0 aliphatic rings. The first kappa shape index (κ1) is 14.4. The van der Waals surface area contributed by atoms with Crippen molar-refractivity contribution >= 4 is 0 Å². The monoisotopic (exact) mass is 271 g/mol. The fourth-order valence-corrected chi connectivity index (χ4v) is 2.11. The second-order valence-corrected chi connectivity index (χ2v) is 4.90. The predicted octanol–water partition coefficient (Wildman–Crippen LogP) is 3.43. The molecule has 0 bridgehead atoms. The van der Waals surface area contributed by atoms with Crippen molar-refractivity contribution < 1.29 is 9.84 Å². The van der Waals surface area contributed by atoms with Gasteiger partial charge in [-0.15, -0.1) is 0 Å². The Hall–Kier alpha value is -2.00. The number of phenols is 1. The Kier molecular flexibility index (Phi) is 5.02. The van der Waals surface area contributed by atoms with Crippen molar-refractivity contribution in [1.82, 2.24) is 5.32 Å². The fraction of sp³-hybridized carbons (Fsp3) is 0.294. The van der Waals surface area contributed by atoms with Crippen LogP contribution in [0.3, 0.4) is 0 Å². The van der Waals surface area contributed by atoms with E-state index in [-0.39, 0.29) is 6.04 Å². The Bertz CT molecular complexity index is 554. The number of hydrogen-bond donors (Lipinski definition) is 2. The molecule has 2 aromatic rings. The van der Waals surface area contributed by atoms with Gasteiger partial charge in [-0.1, -0.05) is 30.3 Å². The summed E-state index contributed by atoms with van der Waals surface area (Å²) in [5, 5.41) is 13.1. The molecular formula is C17H21NO2. The number of phenolic OH excluding ortho intramolecular Hbond substituents is 1. The van der Waals surface area contributed by atoms with Gasteiger partial charge in [0, 0.05) is 18.2 Å². The largest absolute Gasteiger partial charge is 0.508 e. The summed E-state index contributed by atoms with van der Waals surface area (Å²) in [6, 6.07) is 15.5. The molecule has 1 atom stereocenters. The van der Waals surface area contributed by atoms with Crippen LogP contribution in [0.15, 0.2) is 48.5 Å². The zero-order valence-electron chi connectivity index (χ0n) is 12.0. The minimum Gasteiger partial charge on any atom is -0.508 e. The molecule has 2 aromatic carbocycles. The molecule has 2 N–H and O–H groups in total. The van der Waals surface area contributed by atoms with Gasteiger partial charge in [0.2, 0.25) is 0 Å². The van der Waals surface area contributed by atoms with Crippen molar-refractivity contribution in [3.8, 4) is 11.5 Å². The molecule has 2 rings (SSSR count). The van der Waals surface area contributed by atoms with E-state index in [9.17, 15) is 5.11 Å². The van der Waals surface area contributed by atoms with Gasteiger partial charge in [-0.2, -0.15) is 0 Å². The van der Waals surface area contributed by atoms with Crippen LogP contribution >= 0.6 is 0 Å². The first-order chi connectivity index (χ1) is 9.66. The van der Waals surface area contributed by atoms with E-state index in [2.05, 4.69) is 5.32 Å². The Labute approximate surface area is 120 Å². The first-order valence-corrected chi connectivity index (χ1v) is 6.87. The Morgan fingerprint density at radius 3 is 2.70 bits per heavy atom. The number of benzene rings is 2. The van der Waals surface area contributed by atoms with Crippen LogP contribution in [0.25, 0.3) is 0 Å². The quantitative estimate of drug-likeness (QED) is 0.791. The molecule has 0 amide bonds. The SMILES string of the molecule is Cc1cccc(OCCNC(C)c2ccccc2O)c1. The van der Waals surface area contributed by atoms with E-state index in [1.165, 1.54) is 5.56 Å². The molecule has 0 aromatic heterocycles. The minimum absolute atomic E-state index is 0.0947. The van der Waals surface area contributed by atoms with Gasteiger partial charge in [0.25, 0.3) is 0 Å². The van der Waals surface area contributed by atoms with E-state index in [1.807, 2.05) is 56.3 Å². The molecule has 0 aliphatic carbocycles. The number of ether oxygens (including phenoxy) is 1. The van der Waals surface area contributed by atoms with Gasteiger partial charge in [-0.05, 0) is 37.6 Å². The van der Waals surface area contributed by atoms with E-state index in [0.717, 1.165) is 17.9 Å². The average molecular weight is 271 g/mol. The summed E-state index contributed by atoms with van der Waals surface area (Å²) < 4.78 is 5.68. The van der Waals surface area contributed by atoms with Gasteiger partial charge in [-0.25, -0.2) is 0 Å². The molecule has 106 valence electrons. The molecular weight excluding hydrogens is 250 g/mol. The van der Waals surface area contributed by atoms with Crippen LogP contribution in [0.1, 0.15) is 24.1 Å². The highest BCUT2D eigenvalue weighted by atomic mass is 16.5. The van der Waals surface area contributed by atoms with Gasteiger partial charge in [0.05, 0.1) is 0 Å². The van der Waals surface area contributed by atoms with Crippen molar-refractivity contribution in [3.05, 3.63) is 59.7 Å². The van der Waals surface area contributed by atoms with Crippen molar-refractivity contribution in [2.75, 3.05) is 13.2 Å². The molecule has 0 saturated heterocycles. The summed E-state index contributed by atoms with van der Waals surface area (Å²) in [6.07, 6.45) is 0.